The summed E-state index contributed by atoms with van der Waals surface area (Å²) in [5, 5.41) is 0. The molecule has 0 aliphatic heterocycles. The average molecular weight is 298 g/mol. The summed E-state index contributed by atoms with van der Waals surface area (Å²) < 4.78 is 43.6. The van der Waals surface area contributed by atoms with E-state index < -0.39 is 17.7 Å². The van der Waals surface area contributed by atoms with Crippen LogP contribution in [0.3, 0.4) is 0 Å². The molecule has 0 saturated carbocycles. The van der Waals surface area contributed by atoms with Crippen LogP contribution in [-0.4, -0.2) is 17.6 Å². The minimum atomic E-state index is -4.37. The van der Waals surface area contributed by atoms with Crippen LogP contribution in [-0.2, 0) is 17.5 Å². The molecule has 1 aromatic carbocycles. The number of halogens is 3. The fraction of sp³-hybridized carbons (Fsp3) is 0.214. The van der Waals surface area contributed by atoms with Crippen LogP contribution in [0.2, 0.25) is 0 Å². The largest absolute Gasteiger partial charge is 0.464 e. The highest BCUT2D eigenvalue weighted by Gasteiger charge is 2.29. The van der Waals surface area contributed by atoms with Crippen molar-refractivity contribution in [3.05, 3.63) is 53.3 Å². The Kier molecular flexibility index (Phi) is 3.93. The fourth-order valence-electron chi connectivity index (χ4n) is 1.93. The number of benzene rings is 1. The molecule has 0 aliphatic rings. The van der Waals surface area contributed by atoms with Crippen molar-refractivity contribution in [3.8, 4) is 0 Å². The predicted octanol–water partition coefficient (Wildman–Crippen LogP) is 2.92. The molecule has 21 heavy (non-hydrogen) atoms. The molecular formula is C14H13F3N2O2. The second-order valence-corrected chi connectivity index (χ2v) is 4.47. The van der Waals surface area contributed by atoms with Gasteiger partial charge in [0.2, 0.25) is 0 Å². The quantitative estimate of drug-likeness (QED) is 0.886. The second kappa shape index (κ2) is 5.51. The van der Waals surface area contributed by atoms with E-state index in [2.05, 4.69) is 4.74 Å². The first kappa shape index (κ1) is 15.0. The molecule has 1 heterocycles. The lowest BCUT2D eigenvalue weighted by Crippen LogP contribution is -2.11. The number of nitrogen functional groups attached to an aromatic ring is 1. The Morgan fingerprint density at radius 1 is 1.29 bits per heavy atom. The lowest BCUT2D eigenvalue weighted by atomic mass is 10.1. The summed E-state index contributed by atoms with van der Waals surface area (Å²) in [6.07, 6.45) is -2.84. The first-order valence-electron chi connectivity index (χ1n) is 6.01. The van der Waals surface area contributed by atoms with Gasteiger partial charge in [-0.2, -0.15) is 13.2 Å². The number of nitrogens with two attached hydrogens (primary N) is 1. The number of ether oxygens (including phenoxy) is 1. The smallest absolute Gasteiger partial charge is 0.416 e. The second-order valence-electron chi connectivity index (χ2n) is 4.47. The summed E-state index contributed by atoms with van der Waals surface area (Å²) in [5.41, 5.74) is 6.15. The molecule has 0 spiro atoms. The molecule has 0 aliphatic carbocycles. The number of carbonyl (C=O) groups excluding carboxylic acids is 1. The van der Waals surface area contributed by atoms with Gasteiger partial charge in [0.05, 0.1) is 18.4 Å². The Hall–Kier alpha value is -2.44. The zero-order chi connectivity index (χ0) is 15.6. The molecule has 0 unspecified atom stereocenters. The number of methoxy groups -OCH3 is 1. The van der Waals surface area contributed by atoms with E-state index in [0.717, 1.165) is 12.1 Å². The molecule has 2 aromatic rings. The topological polar surface area (TPSA) is 57.2 Å². The summed E-state index contributed by atoms with van der Waals surface area (Å²) in [6.45, 7) is 0.222. The molecule has 0 atom stereocenters. The minimum absolute atomic E-state index is 0.222. The maximum absolute atomic E-state index is 12.5. The minimum Gasteiger partial charge on any atom is -0.464 e. The molecule has 4 nitrogen and oxygen atoms in total. The molecule has 1 aromatic heterocycles. The van der Waals surface area contributed by atoms with Crippen molar-refractivity contribution in [2.75, 3.05) is 12.8 Å². The molecule has 7 heteroatoms. The Labute approximate surface area is 118 Å². The number of hydrogen-bond acceptors (Lipinski definition) is 3. The standard InChI is InChI=1S/C14H13F3N2O2/c1-21-13(20)12-6-11(18)8-19(12)7-9-2-4-10(5-3-9)14(15,16)17/h2-6,8H,7,18H2,1H3. The van der Waals surface area contributed by atoms with E-state index in [1.165, 1.54) is 36.1 Å². The van der Waals surface area contributed by atoms with Gasteiger partial charge in [0.1, 0.15) is 5.69 Å². The van der Waals surface area contributed by atoms with E-state index in [1.54, 1.807) is 0 Å². The molecular weight excluding hydrogens is 285 g/mol. The van der Waals surface area contributed by atoms with Crippen molar-refractivity contribution in [2.45, 2.75) is 12.7 Å². The zero-order valence-corrected chi connectivity index (χ0v) is 11.1. The van der Waals surface area contributed by atoms with Crippen molar-refractivity contribution in [1.82, 2.24) is 4.57 Å². The molecule has 0 amide bonds. The van der Waals surface area contributed by atoms with E-state index in [9.17, 15) is 18.0 Å². The molecule has 0 radical (unpaired) electrons. The fourth-order valence-corrected chi connectivity index (χ4v) is 1.93. The van der Waals surface area contributed by atoms with Gasteiger partial charge in [-0.1, -0.05) is 12.1 Å². The maximum atomic E-state index is 12.5. The van der Waals surface area contributed by atoms with E-state index >= 15 is 0 Å². The SMILES string of the molecule is COC(=O)c1cc(N)cn1Cc1ccc(C(F)(F)F)cc1. The van der Waals surface area contributed by atoms with Gasteiger partial charge in [0, 0.05) is 12.7 Å². The number of rotatable bonds is 3. The van der Waals surface area contributed by atoms with Gasteiger partial charge in [0.25, 0.3) is 0 Å². The number of esters is 1. The summed E-state index contributed by atoms with van der Waals surface area (Å²) in [6, 6.07) is 6.18. The van der Waals surface area contributed by atoms with Crippen LogP contribution in [0.15, 0.2) is 36.5 Å². The highest BCUT2D eigenvalue weighted by Crippen LogP contribution is 2.29. The van der Waals surface area contributed by atoms with E-state index in [1.807, 2.05) is 0 Å². The van der Waals surface area contributed by atoms with Gasteiger partial charge in [-0.15, -0.1) is 0 Å². The number of alkyl halides is 3. The van der Waals surface area contributed by atoms with Gasteiger partial charge in [-0.05, 0) is 23.8 Å². The Bertz CT molecular complexity index is 645. The average Bonchev–Trinajstić information content (AvgIpc) is 2.78. The summed E-state index contributed by atoms with van der Waals surface area (Å²) >= 11 is 0. The van der Waals surface area contributed by atoms with Crippen molar-refractivity contribution < 1.29 is 22.7 Å². The van der Waals surface area contributed by atoms with Crippen LogP contribution >= 0.6 is 0 Å². The van der Waals surface area contributed by atoms with Crippen LogP contribution in [0.5, 0.6) is 0 Å². The van der Waals surface area contributed by atoms with Crippen LogP contribution in [0, 0.1) is 0 Å². The van der Waals surface area contributed by atoms with Gasteiger partial charge < -0.3 is 15.0 Å². The summed E-state index contributed by atoms with van der Waals surface area (Å²) in [4.78, 5) is 11.6. The van der Waals surface area contributed by atoms with Crippen molar-refractivity contribution in [3.63, 3.8) is 0 Å². The van der Waals surface area contributed by atoms with Crippen LogP contribution in [0.4, 0.5) is 18.9 Å². The molecule has 0 bridgehead atoms. The Morgan fingerprint density at radius 3 is 2.43 bits per heavy atom. The zero-order valence-electron chi connectivity index (χ0n) is 11.1. The van der Waals surface area contributed by atoms with Crippen LogP contribution in [0.1, 0.15) is 21.6 Å². The number of carbonyl (C=O) groups is 1. The summed E-state index contributed by atoms with van der Waals surface area (Å²) in [5.74, 6) is -0.557. The Morgan fingerprint density at radius 2 is 1.90 bits per heavy atom. The van der Waals surface area contributed by atoms with Crippen molar-refractivity contribution >= 4 is 11.7 Å². The molecule has 2 N–H and O–H groups in total. The van der Waals surface area contributed by atoms with Gasteiger partial charge >= 0.3 is 12.1 Å². The first-order chi connectivity index (χ1) is 9.81. The normalized spacial score (nSPS) is 11.4. The lowest BCUT2D eigenvalue weighted by molar-refractivity contribution is -0.137. The third kappa shape index (κ3) is 3.36. The van der Waals surface area contributed by atoms with Crippen LogP contribution in [0.25, 0.3) is 0 Å². The highest BCUT2D eigenvalue weighted by atomic mass is 19.4. The lowest BCUT2D eigenvalue weighted by Gasteiger charge is -2.10. The molecule has 0 saturated heterocycles. The van der Waals surface area contributed by atoms with Crippen LogP contribution < -0.4 is 5.73 Å². The molecule has 112 valence electrons. The van der Waals surface area contributed by atoms with Gasteiger partial charge in [0.15, 0.2) is 0 Å². The molecule has 0 fully saturated rings. The molecule has 2 rings (SSSR count). The third-order valence-electron chi connectivity index (χ3n) is 2.95. The first-order valence-corrected chi connectivity index (χ1v) is 6.01. The predicted molar refractivity (Wildman–Crippen MR) is 70.7 cm³/mol. The Balaban J connectivity index is 2.24. The summed E-state index contributed by atoms with van der Waals surface area (Å²) in [7, 11) is 1.24. The maximum Gasteiger partial charge on any atom is 0.416 e. The number of nitrogens with zero attached hydrogens (tertiary/aromatic N) is 1. The monoisotopic (exact) mass is 298 g/mol. The van der Waals surface area contributed by atoms with Gasteiger partial charge in [-0.25, -0.2) is 4.79 Å². The number of aromatic nitrogens is 1. The van der Waals surface area contributed by atoms with Gasteiger partial charge in [-0.3, -0.25) is 0 Å². The van der Waals surface area contributed by atoms with E-state index in [0.29, 0.717) is 11.3 Å². The van der Waals surface area contributed by atoms with Crippen molar-refractivity contribution in [2.24, 2.45) is 0 Å². The van der Waals surface area contributed by atoms with Crippen molar-refractivity contribution in [1.29, 1.82) is 0 Å². The number of hydrogen-bond donors (Lipinski definition) is 1. The third-order valence-corrected chi connectivity index (χ3v) is 2.95. The van der Waals surface area contributed by atoms with E-state index in [-0.39, 0.29) is 12.2 Å². The number of anilines is 1. The highest BCUT2D eigenvalue weighted by molar-refractivity contribution is 5.89. The van der Waals surface area contributed by atoms with E-state index in [4.69, 9.17) is 5.73 Å².